The average Bonchev–Trinajstić information content (AvgIpc) is 3.65. The lowest BCUT2D eigenvalue weighted by Crippen LogP contribution is -2.53. The highest BCUT2D eigenvalue weighted by molar-refractivity contribution is 5.85. The van der Waals surface area contributed by atoms with Gasteiger partial charge in [-0.25, -0.2) is 9.59 Å². The molecular weight excluding hydrogens is 444 g/mol. The van der Waals surface area contributed by atoms with Gasteiger partial charge in [0, 0.05) is 12.3 Å². The summed E-state index contributed by atoms with van der Waals surface area (Å²) in [5.74, 6) is -1.52. The highest BCUT2D eigenvalue weighted by Crippen LogP contribution is 2.45. The molecular formula is C28H34N2O5. The van der Waals surface area contributed by atoms with Crippen molar-refractivity contribution in [3.05, 3.63) is 59.7 Å². The van der Waals surface area contributed by atoms with Crippen LogP contribution in [0.3, 0.4) is 0 Å². The highest BCUT2D eigenvalue weighted by atomic mass is 16.5. The van der Waals surface area contributed by atoms with Crippen LogP contribution < -0.4 is 10.6 Å². The van der Waals surface area contributed by atoms with Crippen molar-refractivity contribution in [1.29, 1.82) is 0 Å². The second-order valence-corrected chi connectivity index (χ2v) is 10.1. The Kier molecular flexibility index (Phi) is 7.15. The van der Waals surface area contributed by atoms with Gasteiger partial charge in [-0.05, 0) is 53.9 Å². The third kappa shape index (κ3) is 5.34. The molecule has 3 N–H and O–H groups in total. The number of nitrogens with one attached hydrogen (secondary N) is 2. The monoisotopic (exact) mass is 478 g/mol. The molecule has 2 aromatic carbocycles. The van der Waals surface area contributed by atoms with E-state index in [2.05, 4.69) is 34.9 Å². The first-order valence-corrected chi connectivity index (χ1v) is 12.4. The lowest BCUT2D eigenvalue weighted by molar-refractivity contribution is -0.143. The fourth-order valence-corrected chi connectivity index (χ4v) is 5.12. The summed E-state index contributed by atoms with van der Waals surface area (Å²) in [6.45, 7) is 5.72. The molecule has 0 aromatic heterocycles. The van der Waals surface area contributed by atoms with Crippen LogP contribution in [0.5, 0.6) is 0 Å². The average molecular weight is 479 g/mol. The molecule has 1 fully saturated rings. The van der Waals surface area contributed by atoms with Gasteiger partial charge in [-0.3, -0.25) is 4.79 Å². The standard InChI is InChI=1S/C28H34N2O5/c1-4-17(2)25(26(32)33)29-24(31)15-28(3,18-13-14-18)30-27(34)35-16-23-21-11-7-5-9-19(21)20-10-6-8-12-22(20)23/h5-12,17-18,23,25H,4,13-16H2,1-3H3,(H,29,31)(H,30,34)(H,32,33)/t17-,25-,28?/m0/s1. The molecule has 2 amide bonds. The molecule has 0 heterocycles. The Morgan fingerprint density at radius 3 is 2.14 bits per heavy atom. The molecule has 7 heteroatoms. The molecule has 4 rings (SSSR count). The van der Waals surface area contributed by atoms with Gasteiger partial charge in [0.05, 0.1) is 5.54 Å². The lowest BCUT2D eigenvalue weighted by Gasteiger charge is -2.31. The first-order valence-electron chi connectivity index (χ1n) is 12.4. The fourth-order valence-electron chi connectivity index (χ4n) is 5.12. The Bertz CT molecular complexity index is 1070. The molecule has 0 aliphatic heterocycles. The predicted octanol–water partition coefficient (Wildman–Crippen LogP) is 4.70. The maximum absolute atomic E-state index is 12.9. The van der Waals surface area contributed by atoms with Crippen molar-refractivity contribution in [2.75, 3.05) is 6.61 Å². The second-order valence-electron chi connectivity index (χ2n) is 10.1. The summed E-state index contributed by atoms with van der Waals surface area (Å²) >= 11 is 0. The van der Waals surface area contributed by atoms with E-state index in [0.29, 0.717) is 6.42 Å². The van der Waals surface area contributed by atoms with Crippen LogP contribution in [0.1, 0.15) is 63.5 Å². The highest BCUT2D eigenvalue weighted by Gasteiger charge is 2.45. The lowest BCUT2D eigenvalue weighted by atomic mass is 9.90. The molecule has 2 aliphatic rings. The largest absolute Gasteiger partial charge is 0.480 e. The van der Waals surface area contributed by atoms with Crippen LogP contribution >= 0.6 is 0 Å². The molecule has 0 saturated heterocycles. The maximum atomic E-state index is 12.9. The van der Waals surface area contributed by atoms with Crippen LogP contribution in [0.2, 0.25) is 0 Å². The fraction of sp³-hybridized carbons (Fsp3) is 0.464. The van der Waals surface area contributed by atoms with Crippen LogP contribution in [0.15, 0.2) is 48.5 Å². The molecule has 0 bridgehead atoms. The number of hydrogen-bond acceptors (Lipinski definition) is 4. The number of carbonyl (C=O) groups excluding carboxylic acids is 2. The van der Waals surface area contributed by atoms with Crippen LogP contribution in [-0.2, 0) is 14.3 Å². The van der Waals surface area contributed by atoms with Crippen molar-refractivity contribution in [3.63, 3.8) is 0 Å². The number of hydrogen-bond donors (Lipinski definition) is 3. The molecule has 3 atom stereocenters. The number of ether oxygens (including phenoxy) is 1. The number of fused-ring (bicyclic) bond motifs is 3. The van der Waals surface area contributed by atoms with E-state index in [-0.39, 0.29) is 36.7 Å². The van der Waals surface area contributed by atoms with E-state index in [0.717, 1.165) is 35.1 Å². The minimum absolute atomic E-state index is 0.00206. The van der Waals surface area contributed by atoms with Crippen molar-refractivity contribution < 1.29 is 24.2 Å². The SMILES string of the molecule is CC[C@H](C)[C@H](NC(=O)CC(C)(NC(=O)OCC1c2ccccc2-c2ccccc21)C1CC1)C(=O)O. The van der Waals surface area contributed by atoms with Gasteiger partial charge in [-0.15, -0.1) is 0 Å². The van der Waals surface area contributed by atoms with E-state index in [1.807, 2.05) is 38.1 Å². The molecule has 186 valence electrons. The summed E-state index contributed by atoms with van der Waals surface area (Å²) in [6, 6.07) is 15.3. The van der Waals surface area contributed by atoms with Gasteiger partial charge in [-0.1, -0.05) is 68.8 Å². The van der Waals surface area contributed by atoms with Crippen molar-refractivity contribution in [3.8, 4) is 11.1 Å². The van der Waals surface area contributed by atoms with Gasteiger partial charge in [0.25, 0.3) is 0 Å². The minimum atomic E-state index is -1.05. The van der Waals surface area contributed by atoms with Gasteiger partial charge >= 0.3 is 12.1 Å². The summed E-state index contributed by atoms with van der Waals surface area (Å²) in [6.07, 6.45) is 1.88. The van der Waals surface area contributed by atoms with Gasteiger partial charge < -0.3 is 20.5 Å². The third-order valence-corrected chi connectivity index (χ3v) is 7.53. The van der Waals surface area contributed by atoms with Crippen molar-refractivity contribution >= 4 is 18.0 Å². The van der Waals surface area contributed by atoms with Crippen LogP contribution in [0.25, 0.3) is 11.1 Å². The van der Waals surface area contributed by atoms with Crippen LogP contribution in [0, 0.1) is 11.8 Å². The minimum Gasteiger partial charge on any atom is -0.480 e. The summed E-state index contributed by atoms with van der Waals surface area (Å²) in [5.41, 5.74) is 3.79. The Morgan fingerprint density at radius 1 is 1.06 bits per heavy atom. The van der Waals surface area contributed by atoms with Crippen molar-refractivity contribution in [2.24, 2.45) is 11.8 Å². The number of amides is 2. The number of benzene rings is 2. The van der Waals surface area contributed by atoms with Crippen molar-refractivity contribution in [1.82, 2.24) is 10.6 Å². The zero-order valence-electron chi connectivity index (χ0n) is 20.5. The first kappa shape index (κ1) is 24.8. The zero-order valence-corrected chi connectivity index (χ0v) is 20.5. The number of carbonyl (C=O) groups is 3. The molecule has 0 radical (unpaired) electrons. The molecule has 2 aliphatic carbocycles. The number of carboxylic acid groups (broad SMARTS) is 1. The van der Waals surface area contributed by atoms with E-state index < -0.39 is 23.6 Å². The predicted molar refractivity (Wildman–Crippen MR) is 133 cm³/mol. The smallest absolute Gasteiger partial charge is 0.407 e. The second kappa shape index (κ2) is 10.1. The van der Waals surface area contributed by atoms with Gasteiger partial charge in [0.1, 0.15) is 12.6 Å². The van der Waals surface area contributed by atoms with Crippen molar-refractivity contribution in [2.45, 2.75) is 64.0 Å². The summed E-state index contributed by atoms with van der Waals surface area (Å²) in [5, 5.41) is 15.1. The van der Waals surface area contributed by atoms with Gasteiger partial charge in [-0.2, -0.15) is 0 Å². The molecule has 2 aromatic rings. The summed E-state index contributed by atoms with van der Waals surface area (Å²) in [7, 11) is 0. The molecule has 1 saturated carbocycles. The van der Waals surface area contributed by atoms with E-state index in [1.165, 1.54) is 0 Å². The Labute approximate surface area is 206 Å². The number of aliphatic carboxylic acids is 1. The molecule has 0 spiro atoms. The van der Waals surface area contributed by atoms with Gasteiger partial charge in [0.2, 0.25) is 5.91 Å². The van der Waals surface area contributed by atoms with Gasteiger partial charge in [0.15, 0.2) is 0 Å². The first-order chi connectivity index (χ1) is 16.7. The number of rotatable bonds is 10. The molecule has 7 nitrogen and oxygen atoms in total. The van der Waals surface area contributed by atoms with Crippen LogP contribution in [0.4, 0.5) is 4.79 Å². The normalized spacial score (nSPS) is 17.9. The third-order valence-electron chi connectivity index (χ3n) is 7.53. The number of carboxylic acids is 1. The van der Waals surface area contributed by atoms with E-state index in [1.54, 1.807) is 6.92 Å². The topological polar surface area (TPSA) is 105 Å². The Hall–Kier alpha value is -3.35. The quantitative estimate of drug-likeness (QED) is 0.459. The Balaban J connectivity index is 1.40. The number of alkyl carbamates (subject to hydrolysis) is 1. The van der Waals surface area contributed by atoms with E-state index >= 15 is 0 Å². The Morgan fingerprint density at radius 2 is 1.63 bits per heavy atom. The zero-order chi connectivity index (χ0) is 25.2. The maximum Gasteiger partial charge on any atom is 0.407 e. The van der Waals surface area contributed by atoms with Crippen LogP contribution in [-0.4, -0.2) is 41.3 Å². The molecule has 35 heavy (non-hydrogen) atoms. The summed E-state index contributed by atoms with van der Waals surface area (Å²) < 4.78 is 5.69. The summed E-state index contributed by atoms with van der Waals surface area (Å²) in [4.78, 5) is 37.3. The van der Waals surface area contributed by atoms with E-state index in [4.69, 9.17) is 4.74 Å². The van der Waals surface area contributed by atoms with E-state index in [9.17, 15) is 19.5 Å². The molecule has 1 unspecified atom stereocenters.